The van der Waals surface area contributed by atoms with E-state index in [0.29, 0.717) is 22.4 Å². The lowest BCUT2D eigenvalue weighted by Crippen LogP contribution is -2.34. The number of ether oxygens (including phenoxy) is 1. The van der Waals surface area contributed by atoms with Crippen molar-refractivity contribution in [3.63, 3.8) is 0 Å². The summed E-state index contributed by atoms with van der Waals surface area (Å²) >= 11 is 5.99. The van der Waals surface area contributed by atoms with Crippen LogP contribution in [0.1, 0.15) is 42.0 Å². The van der Waals surface area contributed by atoms with Crippen LogP contribution in [0.3, 0.4) is 0 Å². The maximum Gasteiger partial charge on any atom is 0.331 e. The first-order chi connectivity index (χ1) is 14.2. The predicted molar refractivity (Wildman–Crippen MR) is 114 cm³/mol. The Bertz CT molecular complexity index is 1250. The van der Waals surface area contributed by atoms with E-state index in [9.17, 15) is 14.9 Å². The largest absolute Gasteiger partial charge is 0.440 e. The van der Waals surface area contributed by atoms with Crippen LogP contribution in [0.2, 0.25) is 5.15 Å². The minimum absolute atomic E-state index is 0.0496. The molecule has 1 aromatic carbocycles. The smallest absolute Gasteiger partial charge is 0.331 e. The van der Waals surface area contributed by atoms with Crippen molar-refractivity contribution >= 4 is 17.4 Å². The van der Waals surface area contributed by atoms with Gasteiger partial charge in [0.05, 0.1) is 23.7 Å². The molecular formula is C21H20ClN5O3. The van der Waals surface area contributed by atoms with Gasteiger partial charge in [-0.15, -0.1) is 0 Å². The summed E-state index contributed by atoms with van der Waals surface area (Å²) in [4.78, 5) is 31.5. The molecule has 0 amide bonds. The van der Waals surface area contributed by atoms with Crippen LogP contribution in [-0.2, 0) is 6.54 Å². The summed E-state index contributed by atoms with van der Waals surface area (Å²) in [6, 6.07) is 10.2. The van der Waals surface area contributed by atoms with Gasteiger partial charge >= 0.3 is 5.69 Å². The molecule has 30 heavy (non-hydrogen) atoms. The zero-order valence-corrected chi connectivity index (χ0v) is 17.4. The van der Waals surface area contributed by atoms with Gasteiger partial charge in [0.25, 0.3) is 5.56 Å². The van der Waals surface area contributed by atoms with E-state index in [0.717, 1.165) is 5.56 Å². The Morgan fingerprint density at radius 1 is 1.27 bits per heavy atom. The molecule has 2 aromatic heterocycles. The zero-order chi connectivity index (χ0) is 22.0. The van der Waals surface area contributed by atoms with Crippen molar-refractivity contribution < 1.29 is 4.74 Å². The molecule has 0 saturated carbocycles. The molecule has 0 unspecified atom stereocenters. The van der Waals surface area contributed by atoms with E-state index in [4.69, 9.17) is 22.1 Å². The third kappa shape index (κ3) is 4.53. The van der Waals surface area contributed by atoms with Crippen LogP contribution in [0.4, 0.5) is 5.82 Å². The Labute approximate surface area is 177 Å². The summed E-state index contributed by atoms with van der Waals surface area (Å²) in [6.45, 7) is 5.52. The van der Waals surface area contributed by atoms with E-state index in [-0.39, 0.29) is 29.3 Å². The normalized spacial score (nSPS) is 10.8. The standard InChI is InChI=1S/C21H20ClN5O3/c1-11(2)18-19(28)26-21(29)27(10-14-7-16(22)25-17(24)8-14)20(18)30-15-5-12(3)4-13(6-15)9-23/h4-8,11H,10H2,1-3H3,(H2,24,25)(H,26,28,29). The van der Waals surface area contributed by atoms with Crippen LogP contribution in [-0.4, -0.2) is 14.5 Å². The van der Waals surface area contributed by atoms with Crippen molar-refractivity contribution in [2.24, 2.45) is 0 Å². The monoisotopic (exact) mass is 425 g/mol. The Morgan fingerprint density at radius 3 is 2.63 bits per heavy atom. The molecule has 0 aliphatic carbocycles. The van der Waals surface area contributed by atoms with E-state index < -0.39 is 11.2 Å². The summed E-state index contributed by atoms with van der Waals surface area (Å²) in [5.41, 5.74) is 6.73. The fourth-order valence-electron chi connectivity index (χ4n) is 3.16. The number of H-pyrrole nitrogens is 1. The topological polar surface area (TPSA) is 127 Å². The van der Waals surface area contributed by atoms with Crippen molar-refractivity contribution in [1.29, 1.82) is 5.26 Å². The highest BCUT2D eigenvalue weighted by atomic mass is 35.5. The second-order valence-electron chi connectivity index (χ2n) is 7.19. The van der Waals surface area contributed by atoms with Gasteiger partial charge in [0.15, 0.2) is 0 Å². The number of anilines is 1. The third-order valence-electron chi connectivity index (χ3n) is 4.37. The summed E-state index contributed by atoms with van der Waals surface area (Å²) in [7, 11) is 0. The van der Waals surface area contributed by atoms with Crippen LogP contribution in [0.5, 0.6) is 11.6 Å². The molecule has 0 saturated heterocycles. The molecule has 3 rings (SSSR count). The molecule has 0 spiro atoms. The van der Waals surface area contributed by atoms with Gasteiger partial charge in [0.2, 0.25) is 5.88 Å². The molecular weight excluding hydrogens is 406 g/mol. The van der Waals surface area contributed by atoms with Gasteiger partial charge < -0.3 is 10.5 Å². The molecule has 3 N–H and O–H groups in total. The molecule has 0 atom stereocenters. The Kier molecular flexibility index (Phi) is 5.94. The second-order valence-corrected chi connectivity index (χ2v) is 7.58. The number of nitrogens with one attached hydrogen (secondary N) is 1. The van der Waals surface area contributed by atoms with Crippen molar-refractivity contribution in [2.75, 3.05) is 5.73 Å². The Balaban J connectivity index is 2.21. The number of hydrogen-bond acceptors (Lipinski definition) is 6. The highest BCUT2D eigenvalue weighted by molar-refractivity contribution is 6.29. The van der Waals surface area contributed by atoms with E-state index in [2.05, 4.69) is 16.0 Å². The zero-order valence-electron chi connectivity index (χ0n) is 16.7. The number of hydrogen-bond donors (Lipinski definition) is 2. The number of nitrogen functional groups attached to an aromatic ring is 1. The number of aryl methyl sites for hydroxylation is 1. The number of pyridine rings is 1. The molecule has 0 radical (unpaired) electrons. The van der Waals surface area contributed by atoms with E-state index in [1.807, 2.05) is 20.8 Å². The molecule has 8 nitrogen and oxygen atoms in total. The molecule has 0 aliphatic heterocycles. The van der Waals surface area contributed by atoms with Crippen molar-refractivity contribution in [2.45, 2.75) is 33.2 Å². The van der Waals surface area contributed by atoms with E-state index in [1.165, 1.54) is 4.57 Å². The second kappa shape index (κ2) is 8.43. The number of rotatable bonds is 5. The lowest BCUT2D eigenvalue weighted by Gasteiger charge is -2.19. The summed E-state index contributed by atoms with van der Waals surface area (Å²) in [5, 5.41) is 9.43. The van der Waals surface area contributed by atoms with Crippen molar-refractivity contribution in [3.05, 3.63) is 78.6 Å². The highest BCUT2D eigenvalue weighted by Gasteiger charge is 2.21. The number of benzene rings is 1. The van der Waals surface area contributed by atoms with E-state index in [1.54, 1.807) is 30.3 Å². The molecule has 0 aliphatic rings. The number of aromatic nitrogens is 3. The van der Waals surface area contributed by atoms with Crippen LogP contribution >= 0.6 is 11.6 Å². The third-order valence-corrected chi connectivity index (χ3v) is 4.57. The molecule has 0 fully saturated rings. The first-order valence-electron chi connectivity index (χ1n) is 9.16. The van der Waals surface area contributed by atoms with Gasteiger partial charge in [-0.05, 0) is 54.3 Å². The van der Waals surface area contributed by atoms with Crippen LogP contribution in [0, 0.1) is 18.3 Å². The van der Waals surface area contributed by atoms with Gasteiger partial charge in [0, 0.05) is 0 Å². The van der Waals surface area contributed by atoms with Gasteiger partial charge in [-0.2, -0.15) is 5.26 Å². The fraction of sp³-hybridized carbons (Fsp3) is 0.238. The predicted octanol–water partition coefficient (Wildman–Crippen LogP) is 3.31. The average Bonchev–Trinajstić information content (AvgIpc) is 2.63. The minimum Gasteiger partial charge on any atom is -0.440 e. The van der Waals surface area contributed by atoms with Gasteiger partial charge in [0.1, 0.15) is 16.7 Å². The molecule has 154 valence electrons. The Hall–Kier alpha value is -3.57. The fourth-order valence-corrected chi connectivity index (χ4v) is 3.40. The first kappa shape index (κ1) is 21.1. The van der Waals surface area contributed by atoms with Gasteiger partial charge in [-0.3, -0.25) is 14.3 Å². The number of nitriles is 1. The van der Waals surface area contributed by atoms with Crippen LogP contribution in [0.15, 0.2) is 39.9 Å². The van der Waals surface area contributed by atoms with Gasteiger partial charge in [-0.1, -0.05) is 25.4 Å². The average molecular weight is 426 g/mol. The lowest BCUT2D eigenvalue weighted by molar-refractivity contribution is 0.410. The highest BCUT2D eigenvalue weighted by Crippen LogP contribution is 2.29. The van der Waals surface area contributed by atoms with Crippen LogP contribution in [0.25, 0.3) is 0 Å². The minimum atomic E-state index is -0.640. The van der Waals surface area contributed by atoms with E-state index >= 15 is 0 Å². The lowest BCUT2D eigenvalue weighted by atomic mass is 10.1. The molecule has 2 heterocycles. The SMILES string of the molecule is Cc1cc(C#N)cc(Oc2c(C(C)C)c(=O)[nH]c(=O)n2Cc2cc(N)nc(Cl)c2)c1. The Morgan fingerprint density at radius 2 is 2.00 bits per heavy atom. The number of aromatic amines is 1. The maximum absolute atomic E-state index is 12.7. The summed E-state index contributed by atoms with van der Waals surface area (Å²) < 4.78 is 7.33. The first-order valence-corrected chi connectivity index (χ1v) is 9.54. The van der Waals surface area contributed by atoms with Gasteiger partial charge in [-0.25, -0.2) is 9.78 Å². The van der Waals surface area contributed by atoms with Crippen molar-refractivity contribution in [1.82, 2.24) is 14.5 Å². The maximum atomic E-state index is 12.7. The number of nitrogens with two attached hydrogens (primary N) is 1. The summed E-state index contributed by atoms with van der Waals surface area (Å²) in [5.74, 6) is 0.417. The summed E-state index contributed by atoms with van der Waals surface area (Å²) in [6.07, 6.45) is 0. The molecule has 9 heteroatoms. The van der Waals surface area contributed by atoms with Crippen LogP contribution < -0.4 is 21.7 Å². The molecule has 0 bridgehead atoms. The number of halogens is 1. The number of nitrogens with zero attached hydrogens (tertiary/aromatic N) is 3. The quantitative estimate of drug-likeness (QED) is 0.603. The molecule has 3 aromatic rings. The van der Waals surface area contributed by atoms with Crippen molar-refractivity contribution in [3.8, 4) is 17.7 Å².